The van der Waals surface area contributed by atoms with Crippen molar-refractivity contribution in [2.24, 2.45) is 0 Å². The molecule has 1 N–H and O–H groups in total. The number of nitrogens with zero attached hydrogens (tertiary/aromatic N) is 1. The molecular weight excluding hydrogens is 260 g/mol. The fourth-order valence-corrected chi connectivity index (χ4v) is 3.28. The van der Waals surface area contributed by atoms with Gasteiger partial charge in [-0.15, -0.1) is 0 Å². The molecule has 0 aliphatic carbocycles. The second-order valence-electron chi connectivity index (χ2n) is 5.87. The highest BCUT2D eigenvalue weighted by Gasteiger charge is 2.38. The van der Waals surface area contributed by atoms with Gasteiger partial charge in [-0.1, -0.05) is 32.9 Å². The molecule has 0 heterocycles. The van der Waals surface area contributed by atoms with E-state index in [1.54, 1.807) is 7.11 Å². The van der Waals surface area contributed by atoms with Crippen LogP contribution < -0.4 is 10.1 Å². The van der Waals surface area contributed by atoms with Crippen LogP contribution in [-0.2, 0) is 0 Å². The van der Waals surface area contributed by atoms with Gasteiger partial charge in [0.1, 0.15) is 5.75 Å². The topological polar surface area (TPSA) is 24.5 Å². The van der Waals surface area contributed by atoms with Crippen LogP contribution in [0.1, 0.15) is 51.6 Å². The summed E-state index contributed by atoms with van der Waals surface area (Å²) in [4.78, 5) is 2.37. The Morgan fingerprint density at radius 3 is 2.33 bits per heavy atom. The lowest BCUT2D eigenvalue weighted by Gasteiger charge is -2.46. The predicted molar refractivity (Wildman–Crippen MR) is 91.0 cm³/mol. The van der Waals surface area contributed by atoms with Gasteiger partial charge in [0.25, 0.3) is 0 Å². The van der Waals surface area contributed by atoms with Crippen molar-refractivity contribution < 1.29 is 4.74 Å². The first-order valence-corrected chi connectivity index (χ1v) is 8.10. The maximum absolute atomic E-state index is 5.41. The number of methoxy groups -OCH3 is 1. The summed E-state index contributed by atoms with van der Waals surface area (Å²) >= 11 is 0. The standard InChI is InChI=1S/C18H32N2O/c1-7-13-19-17(18(8-2,9-3)20(4)5)15-11-10-12-16(14-15)21-6/h10-12,14,17,19H,7-9,13H2,1-6H3. The Kier molecular flexibility index (Phi) is 7.20. The highest BCUT2D eigenvalue weighted by atomic mass is 16.5. The minimum atomic E-state index is 0.113. The first-order valence-electron chi connectivity index (χ1n) is 8.10. The molecule has 0 saturated heterocycles. The molecule has 1 unspecified atom stereocenters. The fourth-order valence-electron chi connectivity index (χ4n) is 3.28. The molecule has 0 radical (unpaired) electrons. The van der Waals surface area contributed by atoms with E-state index >= 15 is 0 Å². The van der Waals surface area contributed by atoms with E-state index in [0.29, 0.717) is 6.04 Å². The Balaban J connectivity index is 3.24. The van der Waals surface area contributed by atoms with Crippen LogP contribution in [0.15, 0.2) is 24.3 Å². The molecule has 1 aromatic rings. The Hall–Kier alpha value is -1.06. The van der Waals surface area contributed by atoms with Crippen molar-refractivity contribution in [2.45, 2.75) is 51.6 Å². The maximum atomic E-state index is 5.41. The molecule has 0 aliphatic rings. The van der Waals surface area contributed by atoms with Crippen LogP contribution in [-0.4, -0.2) is 38.2 Å². The van der Waals surface area contributed by atoms with Crippen LogP contribution >= 0.6 is 0 Å². The van der Waals surface area contributed by atoms with Crippen molar-refractivity contribution in [2.75, 3.05) is 27.7 Å². The second-order valence-corrected chi connectivity index (χ2v) is 5.87. The van der Waals surface area contributed by atoms with E-state index < -0.39 is 0 Å². The maximum Gasteiger partial charge on any atom is 0.119 e. The van der Waals surface area contributed by atoms with Crippen LogP contribution in [0.25, 0.3) is 0 Å². The van der Waals surface area contributed by atoms with E-state index in [4.69, 9.17) is 4.74 Å². The molecule has 21 heavy (non-hydrogen) atoms. The summed E-state index contributed by atoms with van der Waals surface area (Å²) in [5.74, 6) is 0.927. The number of nitrogens with one attached hydrogen (secondary N) is 1. The van der Waals surface area contributed by atoms with Crippen molar-refractivity contribution in [1.29, 1.82) is 0 Å². The molecule has 0 aromatic heterocycles. The number of hydrogen-bond donors (Lipinski definition) is 1. The number of likely N-dealkylation sites (N-methyl/N-ethyl adjacent to an activating group) is 1. The van der Waals surface area contributed by atoms with Crippen molar-refractivity contribution in [3.05, 3.63) is 29.8 Å². The molecule has 1 rings (SSSR count). The van der Waals surface area contributed by atoms with E-state index in [0.717, 1.165) is 31.6 Å². The third-order valence-corrected chi connectivity index (χ3v) is 4.68. The molecule has 0 fully saturated rings. The molecule has 0 aliphatic heterocycles. The van der Waals surface area contributed by atoms with E-state index in [9.17, 15) is 0 Å². The van der Waals surface area contributed by atoms with Crippen LogP contribution in [0.4, 0.5) is 0 Å². The van der Waals surface area contributed by atoms with Gasteiger partial charge >= 0.3 is 0 Å². The molecule has 0 saturated carbocycles. The van der Waals surface area contributed by atoms with Crippen LogP contribution in [0, 0.1) is 0 Å². The molecule has 3 heteroatoms. The fraction of sp³-hybridized carbons (Fsp3) is 0.667. The van der Waals surface area contributed by atoms with E-state index in [2.05, 4.69) is 63.3 Å². The molecule has 1 atom stereocenters. The zero-order chi connectivity index (χ0) is 15.9. The van der Waals surface area contributed by atoms with Crippen molar-refractivity contribution in [3.63, 3.8) is 0 Å². The molecule has 120 valence electrons. The van der Waals surface area contributed by atoms with Gasteiger partial charge in [-0.25, -0.2) is 0 Å². The zero-order valence-corrected chi connectivity index (χ0v) is 14.6. The van der Waals surface area contributed by atoms with Gasteiger partial charge in [-0.05, 0) is 57.6 Å². The predicted octanol–water partition coefficient (Wildman–Crippen LogP) is 3.86. The number of rotatable bonds is 9. The zero-order valence-electron chi connectivity index (χ0n) is 14.6. The lowest BCUT2D eigenvalue weighted by Crippen LogP contribution is -2.53. The summed E-state index contributed by atoms with van der Waals surface area (Å²) in [6, 6.07) is 8.77. The number of hydrogen-bond acceptors (Lipinski definition) is 3. The van der Waals surface area contributed by atoms with Gasteiger partial charge in [0, 0.05) is 5.54 Å². The molecule has 0 bridgehead atoms. The minimum absolute atomic E-state index is 0.113. The molecule has 1 aromatic carbocycles. The van der Waals surface area contributed by atoms with Gasteiger partial charge < -0.3 is 15.0 Å². The van der Waals surface area contributed by atoms with Gasteiger partial charge in [0.05, 0.1) is 13.2 Å². The van der Waals surface area contributed by atoms with Crippen LogP contribution in [0.2, 0.25) is 0 Å². The molecule has 3 nitrogen and oxygen atoms in total. The van der Waals surface area contributed by atoms with E-state index in [1.165, 1.54) is 5.56 Å². The third kappa shape index (κ3) is 3.98. The summed E-state index contributed by atoms with van der Waals surface area (Å²) < 4.78 is 5.41. The third-order valence-electron chi connectivity index (χ3n) is 4.68. The van der Waals surface area contributed by atoms with Gasteiger partial charge in [0.2, 0.25) is 0 Å². The second kappa shape index (κ2) is 8.40. The smallest absolute Gasteiger partial charge is 0.119 e. The Labute approximate surface area is 130 Å². The summed E-state index contributed by atoms with van der Waals surface area (Å²) in [7, 11) is 6.11. The monoisotopic (exact) mass is 292 g/mol. The lowest BCUT2D eigenvalue weighted by atomic mass is 9.79. The van der Waals surface area contributed by atoms with Crippen molar-refractivity contribution in [3.8, 4) is 5.75 Å². The van der Waals surface area contributed by atoms with Crippen molar-refractivity contribution in [1.82, 2.24) is 10.2 Å². The first-order chi connectivity index (χ1) is 10.1. The van der Waals surface area contributed by atoms with E-state index in [1.807, 2.05) is 6.07 Å². The molecule has 0 spiro atoms. The van der Waals surface area contributed by atoms with Crippen molar-refractivity contribution >= 4 is 0 Å². The summed E-state index contributed by atoms with van der Waals surface area (Å²) in [5.41, 5.74) is 1.42. The highest BCUT2D eigenvalue weighted by Crippen LogP contribution is 2.37. The van der Waals surface area contributed by atoms with Crippen LogP contribution in [0.5, 0.6) is 5.75 Å². The summed E-state index contributed by atoms with van der Waals surface area (Å²) in [6.45, 7) is 7.80. The van der Waals surface area contributed by atoms with Crippen LogP contribution in [0.3, 0.4) is 0 Å². The lowest BCUT2D eigenvalue weighted by molar-refractivity contribution is 0.0880. The highest BCUT2D eigenvalue weighted by molar-refractivity contribution is 5.32. The largest absolute Gasteiger partial charge is 0.497 e. The van der Waals surface area contributed by atoms with Gasteiger partial charge in [0.15, 0.2) is 0 Å². The molecule has 0 amide bonds. The van der Waals surface area contributed by atoms with E-state index in [-0.39, 0.29) is 5.54 Å². The Bertz CT molecular complexity index is 413. The van der Waals surface area contributed by atoms with Gasteiger partial charge in [-0.2, -0.15) is 0 Å². The summed E-state index contributed by atoms with van der Waals surface area (Å²) in [5, 5.41) is 3.76. The summed E-state index contributed by atoms with van der Waals surface area (Å²) in [6.07, 6.45) is 3.35. The van der Waals surface area contributed by atoms with Gasteiger partial charge in [-0.3, -0.25) is 0 Å². The number of ether oxygens (including phenoxy) is 1. The first kappa shape index (κ1) is 18.0. The molecular formula is C18H32N2O. The Morgan fingerprint density at radius 1 is 1.19 bits per heavy atom. The quantitative estimate of drug-likeness (QED) is 0.748. The average Bonchev–Trinajstić information content (AvgIpc) is 2.51. The normalized spacial score (nSPS) is 13.5. The SMILES string of the molecule is CCCNC(c1cccc(OC)c1)C(CC)(CC)N(C)C. The number of benzene rings is 1. The minimum Gasteiger partial charge on any atom is -0.497 e. The average molecular weight is 292 g/mol. The Morgan fingerprint density at radius 2 is 1.86 bits per heavy atom.